The van der Waals surface area contributed by atoms with E-state index in [9.17, 15) is 9.18 Å². The number of benzene rings is 3. The van der Waals surface area contributed by atoms with Gasteiger partial charge in [-0.1, -0.05) is 65.8 Å². The van der Waals surface area contributed by atoms with Gasteiger partial charge in [-0.15, -0.1) is 0 Å². The molecule has 2 heterocycles. The molecule has 1 aliphatic heterocycles. The number of piperazine rings is 1. The van der Waals surface area contributed by atoms with Gasteiger partial charge in [0.2, 0.25) is 11.8 Å². The summed E-state index contributed by atoms with van der Waals surface area (Å²) < 4.78 is 19.6. The molecule has 0 aliphatic carbocycles. The first-order chi connectivity index (χ1) is 18.1. The van der Waals surface area contributed by atoms with Gasteiger partial charge < -0.3 is 19.2 Å². The predicted molar refractivity (Wildman–Crippen MR) is 142 cm³/mol. The second kappa shape index (κ2) is 11.4. The molecule has 7 heteroatoms. The molecule has 0 radical (unpaired) electrons. The zero-order valence-corrected chi connectivity index (χ0v) is 21.0. The molecular formula is C30H31FN4O2. The molecule has 1 aliphatic rings. The lowest BCUT2D eigenvalue weighted by Gasteiger charge is -2.33. The average Bonchev–Trinajstić information content (AvgIpc) is 3.34. The van der Waals surface area contributed by atoms with Crippen molar-refractivity contribution in [2.75, 3.05) is 38.1 Å². The number of carbonyl (C=O) groups is 1. The number of rotatable bonds is 8. The average molecular weight is 499 g/mol. The van der Waals surface area contributed by atoms with Gasteiger partial charge in [-0.2, -0.15) is 0 Å². The Balaban J connectivity index is 1.51. The third-order valence-electron chi connectivity index (χ3n) is 6.79. The monoisotopic (exact) mass is 498 g/mol. The molecule has 0 atom stereocenters. The maximum Gasteiger partial charge on any atom is 0.232 e. The zero-order valence-electron chi connectivity index (χ0n) is 21.0. The Labute approximate surface area is 216 Å². The van der Waals surface area contributed by atoms with E-state index in [0.29, 0.717) is 31.1 Å². The van der Waals surface area contributed by atoms with Crippen LogP contribution in [0, 0.1) is 5.82 Å². The van der Waals surface area contributed by atoms with E-state index >= 15 is 0 Å². The van der Waals surface area contributed by atoms with Crippen LogP contribution in [0.3, 0.4) is 0 Å². The van der Waals surface area contributed by atoms with Crippen LogP contribution in [0.5, 0.6) is 0 Å². The van der Waals surface area contributed by atoms with Gasteiger partial charge in [0, 0.05) is 38.3 Å². The van der Waals surface area contributed by atoms with Crippen molar-refractivity contribution in [3.8, 4) is 11.3 Å². The molecule has 1 amide bonds. The largest absolute Gasteiger partial charge is 0.338 e. The van der Waals surface area contributed by atoms with Crippen LogP contribution < -0.4 is 4.90 Å². The Morgan fingerprint density at radius 3 is 2.14 bits per heavy atom. The lowest BCUT2D eigenvalue weighted by atomic mass is 10.0. The molecule has 37 heavy (non-hydrogen) atoms. The third kappa shape index (κ3) is 6.06. The van der Waals surface area contributed by atoms with Crippen molar-refractivity contribution in [2.45, 2.75) is 19.5 Å². The highest BCUT2D eigenvalue weighted by molar-refractivity contribution is 5.79. The Morgan fingerprint density at radius 1 is 0.865 bits per heavy atom. The van der Waals surface area contributed by atoms with Gasteiger partial charge in [-0.3, -0.25) is 4.79 Å². The smallest absolute Gasteiger partial charge is 0.232 e. The number of amides is 1. The summed E-state index contributed by atoms with van der Waals surface area (Å²) in [6.07, 6.45) is 0.300. The van der Waals surface area contributed by atoms with Crippen molar-refractivity contribution >= 4 is 11.8 Å². The standard InChI is InChI=1S/C30H31FN4O2/c1-33-16-18-34(19-17-33)30-27(29(32-37-30)25-12-14-26(31)15-13-25)22-35(21-24-10-6-3-7-11-24)28(36)20-23-8-4-2-5-9-23/h2-15H,16-22H2,1H3. The Kier molecular flexibility index (Phi) is 7.61. The van der Waals surface area contributed by atoms with E-state index in [0.717, 1.165) is 48.4 Å². The summed E-state index contributed by atoms with van der Waals surface area (Å²) in [6.45, 7) is 4.22. The minimum absolute atomic E-state index is 0.0191. The summed E-state index contributed by atoms with van der Waals surface area (Å²) in [7, 11) is 2.10. The van der Waals surface area contributed by atoms with Crippen molar-refractivity contribution in [2.24, 2.45) is 0 Å². The van der Waals surface area contributed by atoms with E-state index in [1.165, 1.54) is 12.1 Å². The third-order valence-corrected chi connectivity index (χ3v) is 6.79. The number of carbonyl (C=O) groups excluding carboxylic acids is 1. The van der Waals surface area contributed by atoms with Crippen molar-refractivity contribution < 1.29 is 13.7 Å². The van der Waals surface area contributed by atoms with Crippen molar-refractivity contribution in [3.05, 3.63) is 107 Å². The second-order valence-corrected chi connectivity index (χ2v) is 9.51. The zero-order chi connectivity index (χ0) is 25.6. The van der Waals surface area contributed by atoms with Crippen LogP contribution in [0.1, 0.15) is 16.7 Å². The van der Waals surface area contributed by atoms with Gasteiger partial charge in [0.15, 0.2) is 0 Å². The first-order valence-electron chi connectivity index (χ1n) is 12.6. The van der Waals surface area contributed by atoms with Gasteiger partial charge in [0.25, 0.3) is 0 Å². The Hall–Kier alpha value is -3.97. The molecule has 1 fully saturated rings. The molecule has 190 valence electrons. The topological polar surface area (TPSA) is 52.8 Å². The molecule has 0 spiro atoms. The lowest BCUT2D eigenvalue weighted by Crippen LogP contribution is -2.44. The summed E-state index contributed by atoms with van der Waals surface area (Å²) in [4.78, 5) is 20.0. The van der Waals surface area contributed by atoms with E-state index < -0.39 is 0 Å². The summed E-state index contributed by atoms with van der Waals surface area (Å²) in [5, 5.41) is 4.42. The fourth-order valence-corrected chi connectivity index (χ4v) is 4.64. The van der Waals surface area contributed by atoms with E-state index in [-0.39, 0.29) is 11.7 Å². The highest BCUT2D eigenvalue weighted by Crippen LogP contribution is 2.33. The van der Waals surface area contributed by atoms with Crippen LogP contribution in [0.4, 0.5) is 10.3 Å². The SMILES string of the molecule is CN1CCN(c2onc(-c3ccc(F)cc3)c2CN(Cc2ccccc2)C(=O)Cc2ccccc2)CC1. The normalized spacial score (nSPS) is 14.1. The van der Waals surface area contributed by atoms with Gasteiger partial charge in [0.1, 0.15) is 11.5 Å². The fourth-order valence-electron chi connectivity index (χ4n) is 4.64. The van der Waals surface area contributed by atoms with Gasteiger partial charge >= 0.3 is 0 Å². The molecule has 0 N–H and O–H groups in total. The van der Waals surface area contributed by atoms with E-state index in [1.807, 2.05) is 65.6 Å². The molecule has 4 aromatic rings. The van der Waals surface area contributed by atoms with Crippen LogP contribution in [0.2, 0.25) is 0 Å². The highest BCUT2D eigenvalue weighted by atomic mass is 19.1. The molecule has 1 aromatic heterocycles. The Morgan fingerprint density at radius 2 is 1.49 bits per heavy atom. The minimum atomic E-state index is -0.308. The number of likely N-dealkylation sites (N-methyl/N-ethyl adjacent to an activating group) is 1. The van der Waals surface area contributed by atoms with Gasteiger partial charge in [0.05, 0.1) is 18.5 Å². The number of hydrogen-bond donors (Lipinski definition) is 0. The molecule has 1 saturated heterocycles. The maximum absolute atomic E-state index is 13.7. The van der Waals surface area contributed by atoms with Crippen LogP contribution in [-0.2, 0) is 24.3 Å². The molecule has 0 unspecified atom stereocenters. The van der Waals surface area contributed by atoms with E-state index in [2.05, 4.69) is 22.0 Å². The number of nitrogens with zero attached hydrogens (tertiary/aromatic N) is 4. The highest BCUT2D eigenvalue weighted by Gasteiger charge is 2.28. The van der Waals surface area contributed by atoms with Gasteiger partial charge in [-0.05, 0) is 42.4 Å². The number of hydrogen-bond acceptors (Lipinski definition) is 5. The van der Waals surface area contributed by atoms with Crippen LogP contribution in [0.25, 0.3) is 11.3 Å². The van der Waals surface area contributed by atoms with Crippen molar-refractivity contribution in [1.29, 1.82) is 0 Å². The summed E-state index contributed by atoms with van der Waals surface area (Å²) in [6, 6.07) is 26.0. The number of halogens is 1. The summed E-state index contributed by atoms with van der Waals surface area (Å²) in [5.74, 6) is 0.389. The molecule has 5 rings (SSSR count). The molecular weight excluding hydrogens is 467 g/mol. The number of aromatic nitrogens is 1. The predicted octanol–water partition coefficient (Wildman–Crippen LogP) is 5.00. The first kappa shape index (κ1) is 24.7. The molecule has 0 saturated carbocycles. The molecule has 0 bridgehead atoms. The Bertz CT molecular complexity index is 1300. The van der Waals surface area contributed by atoms with Crippen LogP contribution in [0.15, 0.2) is 89.5 Å². The lowest BCUT2D eigenvalue weighted by molar-refractivity contribution is -0.131. The fraction of sp³-hybridized carbons (Fsp3) is 0.267. The van der Waals surface area contributed by atoms with Gasteiger partial charge in [-0.25, -0.2) is 4.39 Å². The summed E-state index contributed by atoms with van der Waals surface area (Å²) >= 11 is 0. The second-order valence-electron chi connectivity index (χ2n) is 9.51. The van der Waals surface area contributed by atoms with E-state index in [1.54, 1.807) is 12.1 Å². The van der Waals surface area contributed by atoms with Crippen molar-refractivity contribution in [3.63, 3.8) is 0 Å². The molecule has 3 aromatic carbocycles. The first-order valence-corrected chi connectivity index (χ1v) is 12.6. The minimum Gasteiger partial charge on any atom is -0.338 e. The van der Waals surface area contributed by atoms with Crippen LogP contribution in [-0.4, -0.2) is 54.1 Å². The van der Waals surface area contributed by atoms with Crippen LogP contribution >= 0.6 is 0 Å². The molecule has 6 nitrogen and oxygen atoms in total. The van der Waals surface area contributed by atoms with E-state index in [4.69, 9.17) is 4.52 Å². The number of anilines is 1. The maximum atomic E-state index is 13.7. The van der Waals surface area contributed by atoms with Crippen molar-refractivity contribution in [1.82, 2.24) is 15.0 Å². The summed E-state index contributed by atoms with van der Waals surface area (Å²) in [5.41, 5.74) is 4.25. The quantitative estimate of drug-likeness (QED) is 0.342.